The lowest BCUT2D eigenvalue weighted by molar-refractivity contribution is -0.390. The van der Waals surface area contributed by atoms with Gasteiger partial charge >= 0.3 is 11.6 Å². The Bertz CT molecular complexity index is 517. The predicted octanol–water partition coefficient (Wildman–Crippen LogP) is 1.25. The number of nitro groups is 1. The predicted molar refractivity (Wildman–Crippen MR) is 49.1 cm³/mol. The fraction of sp³-hybridized carbons (Fsp3) is 0.250. The van der Waals surface area contributed by atoms with Gasteiger partial charge < -0.3 is 10.1 Å². The van der Waals surface area contributed by atoms with Crippen LogP contribution in [0.1, 0.15) is 11.4 Å². The highest BCUT2D eigenvalue weighted by molar-refractivity contribution is 5.43. The smallest absolute Gasteiger partial charge is 0.352 e. The van der Waals surface area contributed by atoms with Crippen molar-refractivity contribution in [2.24, 2.45) is 0 Å². The average molecular weight is 192 g/mol. The van der Waals surface area contributed by atoms with Gasteiger partial charge in [-0.1, -0.05) is 0 Å². The Balaban J connectivity index is 2.84. The molecule has 0 saturated heterocycles. The van der Waals surface area contributed by atoms with E-state index in [1.807, 2.05) is 6.92 Å². The maximum absolute atomic E-state index is 10.7. The van der Waals surface area contributed by atoms with Crippen LogP contribution in [0, 0.1) is 24.0 Å². The Hall–Kier alpha value is -1.98. The minimum absolute atomic E-state index is 0.0208. The zero-order chi connectivity index (χ0) is 10.3. The Kier molecular flexibility index (Phi) is 1.70. The van der Waals surface area contributed by atoms with Crippen LogP contribution in [-0.4, -0.2) is 19.3 Å². The summed E-state index contributed by atoms with van der Waals surface area (Å²) in [6, 6.07) is 1.71. The van der Waals surface area contributed by atoms with Crippen LogP contribution in [0.15, 0.2) is 12.3 Å². The lowest BCUT2D eigenvalue weighted by Gasteiger charge is -1.93. The second-order valence-electron chi connectivity index (χ2n) is 3.02. The van der Waals surface area contributed by atoms with Crippen molar-refractivity contribution in [1.82, 2.24) is 14.4 Å². The number of aryl methyl sites for hydroxylation is 2. The van der Waals surface area contributed by atoms with Crippen LogP contribution in [0.2, 0.25) is 0 Å². The summed E-state index contributed by atoms with van der Waals surface area (Å²) in [5.41, 5.74) is 1.17. The minimum Gasteiger partial charge on any atom is -0.358 e. The molecule has 0 atom stereocenters. The van der Waals surface area contributed by atoms with Crippen molar-refractivity contribution in [1.29, 1.82) is 0 Å². The summed E-state index contributed by atoms with van der Waals surface area (Å²) in [4.78, 5) is 18.3. The first-order valence-corrected chi connectivity index (χ1v) is 4.06. The molecule has 2 rings (SSSR count). The molecule has 0 aliphatic rings. The standard InChI is InChI=1S/C8H8N4O2/c1-5-3-4-11-7(12(13)14)6(2)10-8(11)9-5/h3-4H,1-2H3. The SMILES string of the molecule is Cc1ccn2c([N+](=O)[O-])c(C)nc2n1. The number of hydrogen-bond donors (Lipinski definition) is 0. The van der Waals surface area contributed by atoms with E-state index in [0.29, 0.717) is 11.5 Å². The molecule has 6 heteroatoms. The number of hydrogen-bond acceptors (Lipinski definition) is 4. The zero-order valence-electron chi connectivity index (χ0n) is 7.76. The van der Waals surface area contributed by atoms with E-state index in [2.05, 4.69) is 9.97 Å². The van der Waals surface area contributed by atoms with Crippen molar-refractivity contribution < 1.29 is 4.92 Å². The monoisotopic (exact) mass is 192 g/mol. The summed E-state index contributed by atoms with van der Waals surface area (Å²) < 4.78 is 1.38. The highest BCUT2D eigenvalue weighted by atomic mass is 16.6. The van der Waals surface area contributed by atoms with Gasteiger partial charge in [-0.3, -0.25) is 0 Å². The molecule has 0 aliphatic heterocycles. The number of aromatic nitrogens is 3. The Morgan fingerprint density at radius 2 is 2.14 bits per heavy atom. The van der Waals surface area contributed by atoms with Crippen LogP contribution in [0.25, 0.3) is 5.78 Å². The Labute approximate surface area is 79.4 Å². The van der Waals surface area contributed by atoms with E-state index in [9.17, 15) is 10.1 Å². The summed E-state index contributed by atoms with van der Waals surface area (Å²) in [6.45, 7) is 3.41. The number of nitrogens with zero attached hydrogens (tertiary/aromatic N) is 4. The van der Waals surface area contributed by atoms with Crippen molar-refractivity contribution in [2.45, 2.75) is 13.8 Å². The third-order valence-electron chi connectivity index (χ3n) is 1.95. The summed E-state index contributed by atoms with van der Waals surface area (Å²) >= 11 is 0. The quantitative estimate of drug-likeness (QED) is 0.503. The summed E-state index contributed by atoms with van der Waals surface area (Å²) in [6.07, 6.45) is 1.61. The number of imidazole rings is 1. The minimum atomic E-state index is -0.452. The molecule has 0 aromatic carbocycles. The first-order chi connectivity index (χ1) is 6.59. The maximum atomic E-state index is 10.7. The molecule has 72 valence electrons. The van der Waals surface area contributed by atoms with E-state index < -0.39 is 4.92 Å². The van der Waals surface area contributed by atoms with Gasteiger partial charge in [-0.25, -0.2) is 0 Å². The van der Waals surface area contributed by atoms with Gasteiger partial charge in [-0.2, -0.15) is 14.4 Å². The van der Waals surface area contributed by atoms with Gasteiger partial charge in [-0.15, -0.1) is 0 Å². The van der Waals surface area contributed by atoms with E-state index in [-0.39, 0.29) is 5.82 Å². The largest absolute Gasteiger partial charge is 0.358 e. The van der Waals surface area contributed by atoms with Gasteiger partial charge in [0, 0.05) is 5.69 Å². The molecule has 0 N–H and O–H groups in total. The molecule has 0 unspecified atom stereocenters. The fourth-order valence-corrected chi connectivity index (χ4v) is 1.34. The summed E-state index contributed by atoms with van der Waals surface area (Å²) in [5, 5.41) is 10.7. The summed E-state index contributed by atoms with van der Waals surface area (Å²) in [5.74, 6) is 0.349. The molecule has 2 heterocycles. The molecule has 0 aliphatic carbocycles. The van der Waals surface area contributed by atoms with Gasteiger partial charge in [0.05, 0.1) is 0 Å². The number of fused-ring (bicyclic) bond motifs is 1. The molecule has 0 saturated carbocycles. The molecule has 6 nitrogen and oxygen atoms in total. The van der Waals surface area contributed by atoms with Gasteiger partial charge in [0.15, 0.2) is 0 Å². The normalized spacial score (nSPS) is 10.7. The Morgan fingerprint density at radius 3 is 2.79 bits per heavy atom. The van der Waals surface area contributed by atoms with Crippen LogP contribution in [0.4, 0.5) is 5.82 Å². The second kappa shape index (κ2) is 2.76. The highest BCUT2D eigenvalue weighted by Gasteiger charge is 2.19. The number of rotatable bonds is 1. The van der Waals surface area contributed by atoms with Crippen molar-refractivity contribution in [2.75, 3.05) is 0 Å². The molecular weight excluding hydrogens is 184 g/mol. The van der Waals surface area contributed by atoms with E-state index >= 15 is 0 Å². The van der Waals surface area contributed by atoms with Crippen LogP contribution < -0.4 is 0 Å². The topological polar surface area (TPSA) is 73.3 Å². The van der Waals surface area contributed by atoms with Crippen LogP contribution in [0.5, 0.6) is 0 Å². The molecule has 0 radical (unpaired) electrons. The molecule has 0 spiro atoms. The summed E-state index contributed by atoms with van der Waals surface area (Å²) in [7, 11) is 0. The third kappa shape index (κ3) is 1.12. The van der Waals surface area contributed by atoms with Gasteiger partial charge in [-0.05, 0) is 24.8 Å². The maximum Gasteiger partial charge on any atom is 0.352 e. The van der Waals surface area contributed by atoms with Gasteiger partial charge in [0.25, 0.3) is 0 Å². The average Bonchev–Trinajstić information content (AvgIpc) is 2.39. The van der Waals surface area contributed by atoms with Crippen molar-refractivity contribution in [3.63, 3.8) is 0 Å². The lowest BCUT2D eigenvalue weighted by Crippen LogP contribution is -1.96. The molecule has 0 fully saturated rings. The molecule has 0 bridgehead atoms. The fourth-order valence-electron chi connectivity index (χ4n) is 1.34. The van der Waals surface area contributed by atoms with Crippen LogP contribution in [-0.2, 0) is 0 Å². The molecule has 14 heavy (non-hydrogen) atoms. The molecule has 2 aromatic heterocycles. The van der Waals surface area contributed by atoms with Crippen LogP contribution >= 0.6 is 0 Å². The third-order valence-corrected chi connectivity index (χ3v) is 1.95. The second-order valence-corrected chi connectivity index (χ2v) is 3.02. The van der Waals surface area contributed by atoms with E-state index in [0.717, 1.165) is 5.69 Å². The van der Waals surface area contributed by atoms with E-state index in [1.54, 1.807) is 19.2 Å². The van der Waals surface area contributed by atoms with Crippen molar-refractivity contribution in [3.8, 4) is 0 Å². The molecular formula is C8H8N4O2. The van der Waals surface area contributed by atoms with E-state index in [1.165, 1.54) is 4.40 Å². The van der Waals surface area contributed by atoms with Gasteiger partial charge in [0.1, 0.15) is 11.9 Å². The van der Waals surface area contributed by atoms with E-state index in [4.69, 9.17) is 0 Å². The van der Waals surface area contributed by atoms with Gasteiger partial charge in [0.2, 0.25) is 0 Å². The Morgan fingerprint density at radius 1 is 1.43 bits per heavy atom. The molecule has 2 aromatic rings. The highest BCUT2D eigenvalue weighted by Crippen LogP contribution is 2.18. The first-order valence-electron chi connectivity index (χ1n) is 4.06. The first kappa shape index (κ1) is 8.61. The van der Waals surface area contributed by atoms with Crippen molar-refractivity contribution in [3.05, 3.63) is 33.8 Å². The zero-order valence-corrected chi connectivity index (χ0v) is 7.76. The molecule has 0 amide bonds. The van der Waals surface area contributed by atoms with Crippen LogP contribution in [0.3, 0.4) is 0 Å². The lowest BCUT2D eigenvalue weighted by atomic mass is 10.4. The van der Waals surface area contributed by atoms with Crippen molar-refractivity contribution >= 4 is 11.6 Å².